The van der Waals surface area contributed by atoms with Gasteiger partial charge in [0.05, 0.1) is 6.61 Å². The average molecular weight is 318 g/mol. The average Bonchev–Trinajstić information content (AvgIpc) is 2.50. The first kappa shape index (κ1) is 19.0. The zero-order valence-corrected chi connectivity index (χ0v) is 14.1. The van der Waals surface area contributed by atoms with Crippen molar-refractivity contribution in [3.63, 3.8) is 0 Å². The van der Waals surface area contributed by atoms with Crippen LogP contribution in [0.4, 0.5) is 0 Å². The van der Waals surface area contributed by atoms with E-state index in [9.17, 15) is 9.90 Å². The molecule has 4 heteroatoms. The predicted molar refractivity (Wildman–Crippen MR) is 91.7 cm³/mol. The van der Waals surface area contributed by atoms with E-state index in [1.165, 1.54) is 0 Å². The Balaban J connectivity index is 3.14. The standard InChI is InChI=1S/C19H26O4/c1-13(2)4-7-16-10-15(6-9-18(21)22)11-17(19(16)23)8-5-14(3)12-20/h4-5,10-11,20,23H,6-9,12H2,1-3H3,(H,21,22)/b14-5-. The maximum atomic E-state index is 10.8. The second kappa shape index (κ2) is 9.16. The van der Waals surface area contributed by atoms with Crippen LogP contribution in [0.5, 0.6) is 5.75 Å². The predicted octanol–water partition coefficient (Wildman–Crippen LogP) is 3.40. The Kier molecular flexibility index (Phi) is 7.55. The van der Waals surface area contributed by atoms with E-state index >= 15 is 0 Å². The molecule has 3 N–H and O–H groups in total. The number of phenols is 1. The number of phenolic OH excluding ortho intramolecular Hbond substituents is 1. The quantitative estimate of drug-likeness (QED) is 0.642. The first-order valence-electron chi connectivity index (χ1n) is 7.78. The van der Waals surface area contributed by atoms with Crippen molar-refractivity contribution in [1.82, 2.24) is 0 Å². The van der Waals surface area contributed by atoms with E-state index in [4.69, 9.17) is 10.2 Å². The molecule has 1 rings (SSSR count). The third-order valence-corrected chi connectivity index (χ3v) is 3.61. The van der Waals surface area contributed by atoms with Crippen LogP contribution in [0.25, 0.3) is 0 Å². The van der Waals surface area contributed by atoms with Crippen LogP contribution in [0.15, 0.2) is 35.4 Å². The monoisotopic (exact) mass is 318 g/mol. The van der Waals surface area contributed by atoms with Gasteiger partial charge in [-0.15, -0.1) is 0 Å². The number of hydrogen-bond acceptors (Lipinski definition) is 3. The highest BCUT2D eigenvalue weighted by atomic mass is 16.4. The largest absolute Gasteiger partial charge is 0.507 e. The first-order valence-corrected chi connectivity index (χ1v) is 7.78. The molecule has 0 unspecified atom stereocenters. The van der Waals surface area contributed by atoms with Crippen LogP contribution >= 0.6 is 0 Å². The Labute approximate surface area is 137 Å². The zero-order valence-electron chi connectivity index (χ0n) is 14.1. The molecule has 0 saturated carbocycles. The summed E-state index contributed by atoms with van der Waals surface area (Å²) < 4.78 is 0. The van der Waals surface area contributed by atoms with Crippen molar-refractivity contribution in [3.05, 3.63) is 52.1 Å². The van der Waals surface area contributed by atoms with Crippen molar-refractivity contribution in [3.8, 4) is 5.75 Å². The SMILES string of the molecule is CC(C)=CCc1cc(CCC(=O)O)cc(C/C=C(/C)CO)c1O. The molecule has 0 aliphatic rings. The highest BCUT2D eigenvalue weighted by Gasteiger charge is 2.10. The first-order chi connectivity index (χ1) is 10.8. The van der Waals surface area contributed by atoms with Crippen molar-refractivity contribution < 1.29 is 20.1 Å². The Bertz CT molecular complexity index is 608. The summed E-state index contributed by atoms with van der Waals surface area (Å²) in [7, 11) is 0. The van der Waals surface area contributed by atoms with Gasteiger partial charge >= 0.3 is 5.97 Å². The lowest BCUT2D eigenvalue weighted by Gasteiger charge is -2.12. The third kappa shape index (κ3) is 6.70. The molecule has 1 aromatic carbocycles. The van der Waals surface area contributed by atoms with Crippen molar-refractivity contribution in [1.29, 1.82) is 0 Å². The molecule has 0 aliphatic heterocycles. The number of hydrogen-bond donors (Lipinski definition) is 3. The van der Waals surface area contributed by atoms with E-state index in [0.29, 0.717) is 19.3 Å². The lowest BCUT2D eigenvalue weighted by molar-refractivity contribution is -0.136. The Morgan fingerprint density at radius 1 is 1.09 bits per heavy atom. The van der Waals surface area contributed by atoms with Gasteiger partial charge in [-0.2, -0.15) is 0 Å². The number of carboxylic acid groups (broad SMARTS) is 1. The molecule has 0 fully saturated rings. The molecule has 0 aromatic heterocycles. The number of carboxylic acids is 1. The van der Waals surface area contributed by atoms with Gasteiger partial charge in [0.25, 0.3) is 0 Å². The van der Waals surface area contributed by atoms with Crippen LogP contribution in [0.3, 0.4) is 0 Å². The molecule has 0 aliphatic carbocycles. The van der Waals surface area contributed by atoms with Crippen molar-refractivity contribution >= 4 is 5.97 Å². The van der Waals surface area contributed by atoms with E-state index in [-0.39, 0.29) is 18.8 Å². The van der Waals surface area contributed by atoms with E-state index < -0.39 is 5.97 Å². The molecular weight excluding hydrogens is 292 g/mol. The maximum absolute atomic E-state index is 10.8. The number of aliphatic hydroxyl groups is 1. The Hall–Kier alpha value is -2.07. The summed E-state index contributed by atoms with van der Waals surface area (Å²) in [6.07, 6.45) is 5.55. The lowest BCUT2D eigenvalue weighted by Crippen LogP contribution is -2.00. The van der Waals surface area contributed by atoms with Crippen molar-refractivity contribution in [2.75, 3.05) is 6.61 Å². The van der Waals surface area contributed by atoms with Gasteiger partial charge in [0.1, 0.15) is 5.75 Å². The summed E-state index contributed by atoms with van der Waals surface area (Å²) in [4.78, 5) is 10.8. The zero-order chi connectivity index (χ0) is 17.4. The van der Waals surface area contributed by atoms with Gasteiger partial charge in [0, 0.05) is 6.42 Å². The number of benzene rings is 1. The molecular formula is C19H26O4. The third-order valence-electron chi connectivity index (χ3n) is 3.61. The van der Waals surface area contributed by atoms with Gasteiger partial charge in [0.2, 0.25) is 0 Å². The number of carbonyl (C=O) groups is 1. The summed E-state index contributed by atoms with van der Waals surface area (Å²) in [5, 5.41) is 28.4. The molecule has 0 saturated heterocycles. The van der Waals surface area contributed by atoms with Gasteiger partial charge in [-0.05, 0) is 56.7 Å². The summed E-state index contributed by atoms with van der Waals surface area (Å²) in [6, 6.07) is 3.73. The van der Waals surface area contributed by atoms with E-state index in [2.05, 4.69) is 0 Å². The second-order valence-electron chi connectivity index (χ2n) is 6.05. The fourth-order valence-electron chi connectivity index (χ4n) is 2.20. The van der Waals surface area contributed by atoms with Crippen LogP contribution in [-0.2, 0) is 24.1 Å². The number of aromatic hydroxyl groups is 1. The molecule has 126 valence electrons. The topological polar surface area (TPSA) is 77.8 Å². The maximum Gasteiger partial charge on any atom is 0.303 e. The van der Waals surface area contributed by atoms with Gasteiger partial charge in [0.15, 0.2) is 0 Å². The van der Waals surface area contributed by atoms with Crippen molar-refractivity contribution in [2.24, 2.45) is 0 Å². The van der Waals surface area contributed by atoms with E-state index in [0.717, 1.165) is 27.8 Å². The molecule has 0 radical (unpaired) electrons. The molecule has 0 atom stereocenters. The molecule has 0 bridgehead atoms. The molecule has 0 spiro atoms. The number of aryl methyl sites for hydroxylation is 1. The molecule has 0 heterocycles. The molecule has 1 aromatic rings. The van der Waals surface area contributed by atoms with Crippen LogP contribution in [0.2, 0.25) is 0 Å². The minimum atomic E-state index is -0.832. The number of aliphatic carboxylic acids is 1. The summed E-state index contributed by atoms with van der Waals surface area (Å²) >= 11 is 0. The van der Waals surface area contributed by atoms with Crippen LogP contribution in [-0.4, -0.2) is 27.9 Å². The highest BCUT2D eigenvalue weighted by molar-refractivity contribution is 5.67. The minimum absolute atomic E-state index is 0.00983. The Morgan fingerprint density at radius 3 is 2.13 bits per heavy atom. The second-order valence-corrected chi connectivity index (χ2v) is 6.05. The lowest BCUT2D eigenvalue weighted by atomic mass is 9.96. The van der Waals surface area contributed by atoms with Gasteiger partial charge in [-0.1, -0.05) is 35.4 Å². The minimum Gasteiger partial charge on any atom is -0.507 e. The normalized spacial score (nSPS) is 11.4. The van der Waals surface area contributed by atoms with Gasteiger partial charge < -0.3 is 15.3 Å². The highest BCUT2D eigenvalue weighted by Crippen LogP contribution is 2.27. The fourth-order valence-corrected chi connectivity index (χ4v) is 2.20. The molecule has 0 amide bonds. The van der Waals surface area contributed by atoms with Crippen LogP contribution in [0, 0.1) is 0 Å². The van der Waals surface area contributed by atoms with Gasteiger partial charge in [-0.3, -0.25) is 4.79 Å². The summed E-state index contributed by atoms with van der Waals surface area (Å²) in [5.74, 6) is -0.579. The van der Waals surface area contributed by atoms with Crippen LogP contribution < -0.4 is 0 Å². The van der Waals surface area contributed by atoms with Gasteiger partial charge in [-0.25, -0.2) is 0 Å². The number of aliphatic hydroxyl groups excluding tert-OH is 1. The smallest absolute Gasteiger partial charge is 0.303 e. The van der Waals surface area contributed by atoms with Crippen LogP contribution in [0.1, 0.15) is 43.9 Å². The molecule has 4 nitrogen and oxygen atoms in total. The summed E-state index contributed by atoms with van der Waals surface area (Å²) in [6.45, 7) is 5.82. The molecule has 23 heavy (non-hydrogen) atoms. The van der Waals surface area contributed by atoms with Crippen molar-refractivity contribution in [2.45, 2.75) is 46.5 Å². The van der Waals surface area contributed by atoms with E-state index in [1.807, 2.05) is 45.1 Å². The Morgan fingerprint density at radius 2 is 1.65 bits per heavy atom. The van der Waals surface area contributed by atoms with E-state index in [1.54, 1.807) is 0 Å². The number of rotatable bonds is 8. The number of allylic oxidation sites excluding steroid dienone is 3. The summed E-state index contributed by atoms with van der Waals surface area (Å²) in [5.41, 5.74) is 4.48. The fraction of sp³-hybridized carbons (Fsp3) is 0.421.